The minimum absolute atomic E-state index is 0. The number of halogens is 3. The quantitative estimate of drug-likeness (QED) is 0.300. The Hall–Kier alpha value is -0.849. The Morgan fingerprint density at radius 2 is 0.964 bits per heavy atom. The van der Waals surface area contributed by atoms with Crippen molar-refractivity contribution in [1.82, 2.24) is 4.98 Å². The number of hydrogen-bond donors (Lipinski definition) is 0. The van der Waals surface area contributed by atoms with E-state index in [9.17, 15) is 0 Å². The van der Waals surface area contributed by atoms with Crippen molar-refractivity contribution >= 4 is 23.8 Å². The van der Waals surface area contributed by atoms with Gasteiger partial charge in [0, 0.05) is 0 Å². The fraction of sp³-hybridized carbons (Fsp3) is 0.0952. The zero-order valence-corrected chi connectivity index (χ0v) is 21.0. The summed E-state index contributed by atoms with van der Waals surface area (Å²) in [7, 11) is 0. The first kappa shape index (κ1) is 29.4. The monoisotopic (exact) mass is 560 g/mol. The molecule has 143 valence electrons. The normalized spacial score (nSPS) is 9.79. The molecule has 28 heavy (non-hydrogen) atoms. The van der Waals surface area contributed by atoms with Crippen LogP contribution in [0, 0.1) is 54.7 Å². The third kappa shape index (κ3) is 9.57. The fourth-order valence-corrected chi connectivity index (χ4v) is 2.16. The average molecular weight is 564 g/mol. The van der Waals surface area contributed by atoms with E-state index in [0.29, 0.717) is 0 Å². The van der Waals surface area contributed by atoms with Gasteiger partial charge in [-0.15, -0.1) is 0 Å². The van der Waals surface area contributed by atoms with Gasteiger partial charge < -0.3 is 37.2 Å². The van der Waals surface area contributed by atoms with Crippen molar-refractivity contribution in [2.45, 2.75) is 13.8 Å². The summed E-state index contributed by atoms with van der Waals surface area (Å²) < 4.78 is 0. The molecule has 0 saturated carbocycles. The summed E-state index contributed by atoms with van der Waals surface area (Å²) in [6.45, 7) is 4.12. The summed E-state index contributed by atoms with van der Waals surface area (Å²) >= 11 is 0. The van der Waals surface area contributed by atoms with Crippen LogP contribution in [0.4, 0.5) is 11.4 Å². The van der Waals surface area contributed by atoms with Crippen LogP contribution in [0.3, 0.4) is 0 Å². The molecule has 0 aliphatic rings. The summed E-state index contributed by atoms with van der Waals surface area (Å²) in [5.74, 6) is 0. The first-order valence-electron chi connectivity index (χ1n) is 7.87. The number of rotatable bonds is 4. The fourth-order valence-electron chi connectivity index (χ4n) is 2.16. The van der Waals surface area contributed by atoms with Gasteiger partial charge in [0.25, 0.3) is 0 Å². The Bertz CT molecular complexity index is 809. The maximum atomic E-state index is 4.54. The standard InChI is InChI=1S/C21H19N3.3ClH.Nd/c1-16-6-10-18(11-7-16)22-14-20-4-3-5-21(24-20)15-23-19-12-8-17(2)9-13-19;;;;/h3-15H,1-2H3;3*1H;/q;;;;+3/p-3. The van der Waals surface area contributed by atoms with E-state index in [1.807, 2.05) is 66.7 Å². The summed E-state index contributed by atoms with van der Waals surface area (Å²) in [5.41, 5.74) is 5.90. The average Bonchev–Trinajstić information content (AvgIpc) is 2.61. The van der Waals surface area contributed by atoms with Crippen molar-refractivity contribution < 1.29 is 78.1 Å². The molecule has 1 aromatic heterocycles. The SMILES string of the molecule is Cc1ccc(N=Cc2cccc(C=Nc3ccc(C)cc3)n2)cc1.[Cl-].[Cl-].[Cl-].[Nd+3]. The minimum Gasteiger partial charge on any atom is -1.00 e. The number of pyridine rings is 1. The molecular formula is C21H19Cl3N3Nd. The summed E-state index contributed by atoms with van der Waals surface area (Å²) in [6.07, 6.45) is 3.54. The van der Waals surface area contributed by atoms with Crippen LogP contribution in [0.25, 0.3) is 0 Å². The van der Waals surface area contributed by atoms with Gasteiger partial charge in [0.1, 0.15) is 0 Å². The van der Waals surface area contributed by atoms with Crippen LogP contribution < -0.4 is 37.2 Å². The second-order valence-electron chi connectivity index (χ2n) is 5.67. The molecule has 7 heteroatoms. The second kappa shape index (κ2) is 15.1. The first-order valence-corrected chi connectivity index (χ1v) is 7.87. The number of benzene rings is 2. The molecule has 0 saturated heterocycles. The molecule has 3 rings (SSSR count). The molecule has 0 atom stereocenters. The molecule has 3 aromatic rings. The Morgan fingerprint density at radius 3 is 1.32 bits per heavy atom. The molecule has 0 aliphatic heterocycles. The van der Waals surface area contributed by atoms with Gasteiger partial charge in [-0.2, -0.15) is 0 Å². The Balaban J connectivity index is 0. The topological polar surface area (TPSA) is 37.6 Å². The van der Waals surface area contributed by atoms with Crippen LogP contribution in [0.15, 0.2) is 76.7 Å². The Kier molecular flexibility index (Phi) is 15.8. The number of aromatic nitrogens is 1. The van der Waals surface area contributed by atoms with Gasteiger partial charge in [-0.05, 0) is 50.2 Å². The first-order chi connectivity index (χ1) is 11.7. The summed E-state index contributed by atoms with van der Waals surface area (Å²) in [5, 5.41) is 0. The number of nitrogens with zero attached hydrogens (tertiary/aromatic N) is 3. The van der Waals surface area contributed by atoms with E-state index in [1.54, 1.807) is 12.4 Å². The van der Waals surface area contributed by atoms with Crippen molar-refractivity contribution in [2.24, 2.45) is 9.98 Å². The van der Waals surface area contributed by atoms with E-state index >= 15 is 0 Å². The van der Waals surface area contributed by atoms with Crippen molar-refractivity contribution in [3.05, 3.63) is 89.2 Å². The molecule has 0 aliphatic carbocycles. The molecule has 1 radical (unpaired) electrons. The molecular weight excluding hydrogens is 545 g/mol. The van der Waals surface area contributed by atoms with E-state index in [-0.39, 0.29) is 78.1 Å². The van der Waals surface area contributed by atoms with Crippen LogP contribution in [0.5, 0.6) is 0 Å². The van der Waals surface area contributed by atoms with E-state index in [0.717, 1.165) is 22.8 Å². The van der Waals surface area contributed by atoms with Gasteiger partial charge in [-0.3, -0.25) is 9.98 Å². The molecule has 2 aromatic carbocycles. The zero-order chi connectivity index (χ0) is 16.8. The number of hydrogen-bond acceptors (Lipinski definition) is 3. The van der Waals surface area contributed by atoms with Gasteiger partial charge in [-0.25, -0.2) is 4.98 Å². The van der Waals surface area contributed by atoms with Gasteiger partial charge in [-0.1, -0.05) is 41.5 Å². The Morgan fingerprint density at radius 1 is 0.607 bits per heavy atom. The van der Waals surface area contributed by atoms with Crippen LogP contribution >= 0.6 is 0 Å². The Labute approximate surface area is 218 Å². The van der Waals surface area contributed by atoms with Crippen LogP contribution in [-0.4, -0.2) is 17.4 Å². The molecule has 0 fully saturated rings. The van der Waals surface area contributed by atoms with Crippen LogP contribution in [-0.2, 0) is 0 Å². The molecule has 0 spiro atoms. The molecule has 3 nitrogen and oxygen atoms in total. The predicted molar refractivity (Wildman–Crippen MR) is 101 cm³/mol. The van der Waals surface area contributed by atoms with Crippen molar-refractivity contribution in [3.8, 4) is 0 Å². The van der Waals surface area contributed by atoms with Crippen molar-refractivity contribution in [3.63, 3.8) is 0 Å². The van der Waals surface area contributed by atoms with E-state index < -0.39 is 0 Å². The van der Waals surface area contributed by atoms with Crippen molar-refractivity contribution in [2.75, 3.05) is 0 Å². The molecule has 0 unspecified atom stereocenters. The van der Waals surface area contributed by atoms with E-state index in [4.69, 9.17) is 0 Å². The number of aliphatic imine (C=N–C) groups is 2. The van der Waals surface area contributed by atoms with Gasteiger partial charge >= 0.3 is 40.8 Å². The van der Waals surface area contributed by atoms with Gasteiger partial charge in [0.05, 0.1) is 35.2 Å². The summed E-state index contributed by atoms with van der Waals surface area (Å²) in [6, 6.07) is 22.0. The maximum absolute atomic E-state index is 4.54. The van der Waals surface area contributed by atoms with Gasteiger partial charge in [0.2, 0.25) is 0 Å². The maximum Gasteiger partial charge on any atom is 3.00 e. The third-order valence-electron chi connectivity index (χ3n) is 3.55. The zero-order valence-electron chi connectivity index (χ0n) is 15.5. The largest absolute Gasteiger partial charge is 3.00 e. The molecule has 1 heterocycles. The van der Waals surface area contributed by atoms with E-state index in [1.165, 1.54) is 11.1 Å². The molecule has 0 amide bonds. The van der Waals surface area contributed by atoms with Crippen LogP contribution in [0.1, 0.15) is 22.5 Å². The van der Waals surface area contributed by atoms with Gasteiger partial charge in [0.15, 0.2) is 0 Å². The van der Waals surface area contributed by atoms with Crippen molar-refractivity contribution in [1.29, 1.82) is 0 Å². The second-order valence-corrected chi connectivity index (χ2v) is 5.67. The summed E-state index contributed by atoms with van der Waals surface area (Å²) in [4.78, 5) is 13.4. The third-order valence-corrected chi connectivity index (χ3v) is 3.55. The minimum atomic E-state index is 0. The molecule has 0 N–H and O–H groups in total. The van der Waals surface area contributed by atoms with E-state index in [2.05, 4.69) is 28.8 Å². The predicted octanol–water partition coefficient (Wildman–Crippen LogP) is -3.79. The number of aryl methyl sites for hydroxylation is 2. The van der Waals surface area contributed by atoms with Crippen LogP contribution in [0.2, 0.25) is 0 Å². The molecule has 0 bridgehead atoms. The smallest absolute Gasteiger partial charge is 1.00 e.